The van der Waals surface area contributed by atoms with Crippen molar-refractivity contribution in [1.82, 2.24) is 14.9 Å². The first-order valence-corrected chi connectivity index (χ1v) is 8.10. The number of pyridine rings is 1. The third-order valence-corrected chi connectivity index (χ3v) is 4.53. The van der Waals surface area contributed by atoms with Crippen LogP contribution in [0, 0.1) is 0 Å². The van der Waals surface area contributed by atoms with Gasteiger partial charge in [-0.05, 0) is 49.1 Å². The Morgan fingerprint density at radius 3 is 2.86 bits per heavy atom. The number of benzene rings is 1. The molecule has 22 heavy (non-hydrogen) atoms. The van der Waals surface area contributed by atoms with Gasteiger partial charge in [0, 0.05) is 30.4 Å². The molecule has 3 heterocycles. The van der Waals surface area contributed by atoms with Crippen molar-refractivity contribution in [1.29, 1.82) is 0 Å². The van der Waals surface area contributed by atoms with Crippen LogP contribution in [0.3, 0.4) is 0 Å². The standard InChI is InChI=1S/C19H21N3/c1-2-6-15(7-3-1)12-16-13-22(14-17-8-4-10-20-17)19-18(16)9-5-11-21-19/h1-3,5-7,9,11,13,17,20H,4,8,10,12,14H2/t17-/m0/s1. The lowest BCUT2D eigenvalue weighted by molar-refractivity contribution is 0.516. The van der Waals surface area contributed by atoms with Gasteiger partial charge in [-0.1, -0.05) is 30.3 Å². The predicted octanol–water partition coefficient (Wildman–Crippen LogP) is 3.38. The third kappa shape index (κ3) is 2.64. The van der Waals surface area contributed by atoms with E-state index in [1.165, 1.54) is 29.4 Å². The summed E-state index contributed by atoms with van der Waals surface area (Å²) in [5.74, 6) is 0. The fraction of sp³-hybridized carbons (Fsp3) is 0.316. The molecule has 3 nitrogen and oxygen atoms in total. The van der Waals surface area contributed by atoms with Gasteiger partial charge in [0.2, 0.25) is 0 Å². The molecule has 0 radical (unpaired) electrons. The van der Waals surface area contributed by atoms with Crippen LogP contribution < -0.4 is 5.32 Å². The lowest BCUT2D eigenvalue weighted by atomic mass is 10.1. The lowest BCUT2D eigenvalue weighted by Crippen LogP contribution is -2.26. The van der Waals surface area contributed by atoms with Gasteiger partial charge in [-0.25, -0.2) is 4.98 Å². The minimum atomic E-state index is 0.585. The van der Waals surface area contributed by atoms with E-state index in [0.29, 0.717) is 6.04 Å². The summed E-state index contributed by atoms with van der Waals surface area (Å²) in [4.78, 5) is 4.62. The Balaban J connectivity index is 1.69. The molecule has 2 aromatic heterocycles. The maximum absolute atomic E-state index is 4.62. The van der Waals surface area contributed by atoms with Crippen LogP contribution in [0.1, 0.15) is 24.0 Å². The van der Waals surface area contributed by atoms with Gasteiger partial charge in [0.25, 0.3) is 0 Å². The Hall–Kier alpha value is -2.13. The molecule has 1 N–H and O–H groups in total. The molecule has 4 rings (SSSR count). The van der Waals surface area contributed by atoms with Gasteiger partial charge in [-0.3, -0.25) is 0 Å². The Kier molecular flexibility index (Phi) is 3.65. The Labute approximate surface area is 131 Å². The molecule has 1 aliphatic rings. The summed E-state index contributed by atoms with van der Waals surface area (Å²) in [6.07, 6.45) is 7.71. The number of nitrogens with one attached hydrogen (secondary N) is 1. The van der Waals surface area contributed by atoms with Crippen molar-refractivity contribution in [2.75, 3.05) is 6.54 Å². The highest BCUT2D eigenvalue weighted by atomic mass is 15.1. The monoisotopic (exact) mass is 291 g/mol. The molecule has 1 atom stereocenters. The average Bonchev–Trinajstić information content (AvgIpc) is 3.18. The summed E-state index contributed by atoms with van der Waals surface area (Å²) in [5.41, 5.74) is 3.83. The summed E-state index contributed by atoms with van der Waals surface area (Å²) < 4.78 is 2.33. The van der Waals surface area contributed by atoms with Gasteiger partial charge >= 0.3 is 0 Å². The molecule has 0 aliphatic carbocycles. The van der Waals surface area contributed by atoms with Gasteiger partial charge in [-0.2, -0.15) is 0 Å². The quantitative estimate of drug-likeness (QED) is 0.798. The van der Waals surface area contributed by atoms with Crippen molar-refractivity contribution in [2.45, 2.75) is 31.8 Å². The molecule has 3 aromatic rings. The molecule has 1 aromatic carbocycles. The molecule has 1 fully saturated rings. The van der Waals surface area contributed by atoms with Crippen molar-refractivity contribution in [2.24, 2.45) is 0 Å². The molecule has 1 saturated heterocycles. The van der Waals surface area contributed by atoms with E-state index in [1.54, 1.807) is 0 Å². The van der Waals surface area contributed by atoms with Crippen LogP contribution in [-0.4, -0.2) is 22.1 Å². The second kappa shape index (κ2) is 5.93. The van der Waals surface area contributed by atoms with Crippen molar-refractivity contribution >= 4 is 11.0 Å². The topological polar surface area (TPSA) is 29.9 Å². The zero-order valence-electron chi connectivity index (χ0n) is 12.7. The minimum Gasteiger partial charge on any atom is -0.331 e. The maximum atomic E-state index is 4.62. The van der Waals surface area contributed by atoms with E-state index in [9.17, 15) is 0 Å². The van der Waals surface area contributed by atoms with Crippen molar-refractivity contribution in [3.63, 3.8) is 0 Å². The van der Waals surface area contributed by atoms with E-state index in [0.717, 1.165) is 25.2 Å². The van der Waals surface area contributed by atoms with Gasteiger partial charge in [0.15, 0.2) is 0 Å². The summed E-state index contributed by atoms with van der Waals surface area (Å²) in [6.45, 7) is 2.16. The van der Waals surface area contributed by atoms with Gasteiger partial charge < -0.3 is 9.88 Å². The highest BCUT2D eigenvalue weighted by molar-refractivity contribution is 5.80. The zero-order valence-corrected chi connectivity index (χ0v) is 12.7. The molecule has 0 spiro atoms. The second-order valence-electron chi connectivity index (χ2n) is 6.14. The fourth-order valence-electron chi connectivity index (χ4n) is 3.44. The number of fused-ring (bicyclic) bond motifs is 1. The molecule has 0 bridgehead atoms. The number of nitrogens with zero attached hydrogens (tertiary/aromatic N) is 2. The van der Waals surface area contributed by atoms with Gasteiger partial charge in [0.05, 0.1) is 0 Å². The number of rotatable bonds is 4. The minimum absolute atomic E-state index is 0.585. The van der Waals surface area contributed by atoms with Gasteiger partial charge in [0.1, 0.15) is 5.65 Å². The summed E-state index contributed by atoms with van der Waals surface area (Å²) >= 11 is 0. The zero-order chi connectivity index (χ0) is 14.8. The smallest absolute Gasteiger partial charge is 0.140 e. The Morgan fingerprint density at radius 1 is 1.14 bits per heavy atom. The van der Waals surface area contributed by atoms with Crippen LogP contribution in [0.5, 0.6) is 0 Å². The number of hydrogen-bond acceptors (Lipinski definition) is 2. The second-order valence-corrected chi connectivity index (χ2v) is 6.14. The van der Waals surface area contributed by atoms with E-state index in [1.807, 2.05) is 12.3 Å². The first kappa shape index (κ1) is 13.5. The molecule has 0 unspecified atom stereocenters. The van der Waals surface area contributed by atoms with E-state index in [-0.39, 0.29) is 0 Å². The van der Waals surface area contributed by atoms with Crippen LogP contribution in [-0.2, 0) is 13.0 Å². The van der Waals surface area contributed by atoms with Crippen LogP contribution in [0.15, 0.2) is 54.9 Å². The SMILES string of the molecule is c1ccc(Cc2cn(C[C@@H]3CCCN3)c3ncccc23)cc1. The van der Waals surface area contributed by atoms with E-state index in [4.69, 9.17) is 0 Å². The van der Waals surface area contributed by atoms with E-state index >= 15 is 0 Å². The highest BCUT2D eigenvalue weighted by Gasteiger charge is 2.17. The van der Waals surface area contributed by atoms with E-state index in [2.05, 4.69) is 57.5 Å². The van der Waals surface area contributed by atoms with E-state index < -0.39 is 0 Å². The predicted molar refractivity (Wildman–Crippen MR) is 90.0 cm³/mol. The first-order valence-electron chi connectivity index (χ1n) is 8.10. The summed E-state index contributed by atoms with van der Waals surface area (Å²) in [5, 5.41) is 4.86. The van der Waals surface area contributed by atoms with Crippen molar-refractivity contribution in [3.8, 4) is 0 Å². The van der Waals surface area contributed by atoms with Crippen LogP contribution in [0.4, 0.5) is 0 Å². The molecule has 1 aliphatic heterocycles. The lowest BCUT2D eigenvalue weighted by Gasteiger charge is -2.11. The van der Waals surface area contributed by atoms with Crippen LogP contribution in [0.25, 0.3) is 11.0 Å². The Morgan fingerprint density at radius 2 is 2.05 bits per heavy atom. The molecule has 0 saturated carbocycles. The average molecular weight is 291 g/mol. The maximum Gasteiger partial charge on any atom is 0.140 e. The Bertz CT molecular complexity index is 755. The first-order chi connectivity index (χ1) is 10.9. The number of hydrogen-bond donors (Lipinski definition) is 1. The fourth-order valence-corrected chi connectivity index (χ4v) is 3.44. The van der Waals surface area contributed by atoms with Crippen LogP contribution >= 0.6 is 0 Å². The summed E-state index contributed by atoms with van der Waals surface area (Å²) in [7, 11) is 0. The molecule has 0 amide bonds. The van der Waals surface area contributed by atoms with Gasteiger partial charge in [-0.15, -0.1) is 0 Å². The van der Waals surface area contributed by atoms with Crippen LogP contribution in [0.2, 0.25) is 0 Å². The molecule has 112 valence electrons. The third-order valence-electron chi connectivity index (χ3n) is 4.53. The highest BCUT2D eigenvalue weighted by Crippen LogP contribution is 2.23. The summed E-state index contributed by atoms with van der Waals surface area (Å²) in [6, 6.07) is 15.5. The molecule has 3 heteroatoms. The molecular weight excluding hydrogens is 270 g/mol. The largest absolute Gasteiger partial charge is 0.331 e. The number of aromatic nitrogens is 2. The van der Waals surface area contributed by atoms with Crippen molar-refractivity contribution < 1.29 is 0 Å². The van der Waals surface area contributed by atoms with Crippen molar-refractivity contribution in [3.05, 3.63) is 66.0 Å². The molecular formula is C19H21N3. The normalized spacial score (nSPS) is 18.1.